The molecule has 2 aliphatic carbocycles. The molecule has 0 radical (unpaired) electrons. The zero-order chi connectivity index (χ0) is 10.7. The van der Waals surface area contributed by atoms with E-state index in [9.17, 15) is 0 Å². The van der Waals surface area contributed by atoms with Crippen LogP contribution in [0.25, 0.3) is 0 Å². The van der Waals surface area contributed by atoms with E-state index in [2.05, 4.69) is 19.3 Å². The number of hydrogen-bond donors (Lipinski definition) is 1. The summed E-state index contributed by atoms with van der Waals surface area (Å²) in [6.45, 7) is 2.43. The van der Waals surface area contributed by atoms with Gasteiger partial charge in [0, 0.05) is 6.04 Å². The molecule has 0 aromatic heterocycles. The Labute approximate surface area is 95.0 Å². The first-order valence-electron chi connectivity index (χ1n) is 6.97. The van der Waals surface area contributed by atoms with Crippen LogP contribution in [0, 0.1) is 17.8 Å². The lowest BCUT2D eigenvalue weighted by Crippen LogP contribution is -2.36. The van der Waals surface area contributed by atoms with E-state index in [0.29, 0.717) is 0 Å². The first-order chi connectivity index (χ1) is 7.29. The second kappa shape index (κ2) is 5.34. The van der Waals surface area contributed by atoms with Crippen LogP contribution in [0.15, 0.2) is 0 Å². The van der Waals surface area contributed by atoms with Gasteiger partial charge in [0.05, 0.1) is 0 Å². The van der Waals surface area contributed by atoms with Crippen LogP contribution in [0.2, 0.25) is 0 Å². The molecule has 1 heteroatoms. The van der Waals surface area contributed by atoms with Crippen molar-refractivity contribution >= 4 is 0 Å². The first-order valence-corrected chi connectivity index (χ1v) is 6.97. The normalized spacial score (nSPS) is 34.0. The van der Waals surface area contributed by atoms with Crippen molar-refractivity contribution in [1.29, 1.82) is 0 Å². The molecule has 2 saturated carbocycles. The minimum atomic E-state index is 0.813. The van der Waals surface area contributed by atoms with E-state index in [4.69, 9.17) is 0 Å². The molecule has 2 aliphatic rings. The van der Waals surface area contributed by atoms with Crippen LogP contribution in [0.3, 0.4) is 0 Å². The van der Waals surface area contributed by atoms with Gasteiger partial charge in [-0.1, -0.05) is 32.6 Å². The molecule has 0 amide bonds. The molecule has 3 unspecified atom stereocenters. The maximum atomic E-state index is 3.58. The van der Waals surface area contributed by atoms with E-state index in [-0.39, 0.29) is 0 Å². The molecular weight excluding hydrogens is 182 g/mol. The summed E-state index contributed by atoms with van der Waals surface area (Å²) in [6, 6.07) is 0.813. The predicted octanol–water partition coefficient (Wildman–Crippen LogP) is 3.59. The highest BCUT2D eigenvalue weighted by Crippen LogP contribution is 2.37. The standard InChI is InChI=1S/C14H27N/c1-11-4-3-5-13(10-11)14(15-2)9-8-12-6-7-12/h11-15H,3-10H2,1-2H3. The molecule has 1 nitrogen and oxygen atoms in total. The van der Waals surface area contributed by atoms with E-state index in [0.717, 1.165) is 23.8 Å². The fraction of sp³-hybridized carbons (Fsp3) is 1.00. The third-order valence-corrected chi connectivity index (χ3v) is 4.50. The molecule has 2 rings (SSSR count). The molecule has 15 heavy (non-hydrogen) atoms. The number of hydrogen-bond acceptors (Lipinski definition) is 1. The molecule has 0 bridgehead atoms. The van der Waals surface area contributed by atoms with Crippen molar-refractivity contribution in [3.8, 4) is 0 Å². The van der Waals surface area contributed by atoms with Crippen molar-refractivity contribution in [2.75, 3.05) is 7.05 Å². The fourth-order valence-electron chi connectivity index (χ4n) is 3.28. The third kappa shape index (κ3) is 3.48. The van der Waals surface area contributed by atoms with Gasteiger partial charge in [0.1, 0.15) is 0 Å². The maximum Gasteiger partial charge on any atom is 0.00925 e. The van der Waals surface area contributed by atoms with Gasteiger partial charge in [0.15, 0.2) is 0 Å². The first kappa shape index (κ1) is 11.4. The third-order valence-electron chi connectivity index (χ3n) is 4.50. The average molecular weight is 209 g/mol. The average Bonchev–Trinajstić information content (AvgIpc) is 3.03. The van der Waals surface area contributed by atoms with Gasteiger partial charge in [-0.05, 0) is 50.5 Å². The Morgan fingerprint density at radius 2 is 2.00 bits per heavy atom. The Morgan fingerprint density at radius 1 is 1.20 bits per heavy atom. The van der Waals surface area contributed by atoms with Crippen LogP contribution in [0.1, 0.15) is 58.3 Å². The molecule has 1 N–H and O–H groups in total. The summed E-state index contributed by atoms with van der Waals surface area (Å²) >= 11 is 0. The van der Waals surface area contributed by atoms with Crippen molar-refractivity contribution in [3.05, 3.63) is 0 Å². The van der Waals surface area contributed by atoms with Crippen molar-refractivity contribution in [2.45, 2.75) is 64.3 Å². The quantitative estimate of drug-likeness (QED) is 0.729. The van der Waals surface area contributed by atoms with Crippen LogP contribution in [-0.2, 0) is 0 Å². The summed E-state index contributed by atoms with van der Waals surface area (Å²) < 4.78 is 0. The smallest absolute Gasteiger partial charge is 0.00925 e. The van der Waals surface area contributed by atoms with Crippen molar-refractivity contribution in [1.82, 2.24) is 5.32 Å². The number of rotatable bonds is 5. The van der Waals surface area contributed by atoms with Gasteiger partial charge in [-0.3, -0.25) is 0 Å². The van der Waals surface area contributed by atoms with Crippen LogP contribution >= 0.6 is 0 Å². The van der Waals surface area contributed by atoms with Gasteiger partial charge in [-0.25, -0.2) is 0 Å². The molecule has 0 heterocycles. The van der Waals surface area contributed by atoms with Crippen molar-refractivity contribution < 1.29 is 0 Å². The molecule has 0 aliphatic heterocycles. The monoisotopic (exact) mass is 209 g/mol. The van der Waals surface area contributed by atoms with Crippen molar-refractivity contribution in [2.24, 2.45) is 17.8 Å². The van der Waals surface area contributed by atoms with E-state index in [1.807, 2.05) is 0 Å². The fourth-order valence-corrected chi connectivity index (χ4v) is 3.28. The minimum Gasteiger partial charge on any atom is -0.317 e. The summed E-state index contributed by atoms with van der Waals surface area (Å²) in [7, 11) is 2.16. The lowest BCUT2D eigenvalue weighted by molar-refractivity contribution is 0.218. The molecule has 2 fully saturated rings. The Morgan fingerprint density at radius 3 is 2.60 bits per heavy atom. The van der Waals surface area contributed by atoms with Gasteiger partial charge in [-0.15, -0.1) is 0 Å². The molecule has 0 aromatic rings. The topological polar surface area (TPSA) is 12.0 Å². The van der Waals surface area contributed by atoms with Gasteiger partial charge in [-0.2, -0.15) is 0 Å². The van der Waals surface area contributed by atoms with Crippen LogP contribution in [-0.4, -0.2) is 13.1 Å². The summed E-state index contributed by atoms with van der Waals surface area (Å²) in [6.07, 6.45) is 11.8. The van der Waals surface area contributed by atoms with E-state index < -0.39 is 0 Å². The van der Waals surface area contributed by atoms with Gasteiger partial charge < -0.3 is 5.32 Å². The highest BCUT2D eigenvalue weighted by molar-refractivity contribution is 4.83. The molecule has 0 saturated heterocycles. The van der Waals surface area contributed by atoms with E-state index in [1.54, 1.807) is 0 Å². The molecular formula is C14H27N. The summed E-state index contributed by atoms with van der Waals surface area (Å²) in [5.41, 5.74) is 0. The zero-order valence-electron chi connectivity index (χ0n) is 10.5. The van der Waals surface area contributed by atoms with Crippen molar-refractivity contribution in [3.63, 3.8) is 0 Å². The highest BCUT2D eigenvalue weighted by Gasteiger charge is 2.28. The van der Waals surface area contributed by atoms with E-state index >= 15 is 0 Å². The zero-order valence-corrected chi connectivity index (χ0v) is 10.5. The molecule has 0 spiro atoms. The lowest BCUT2D eigenvalue weighted by Gasteiger charge is -2.33. The summed E-state index contributed by atoms with van der Waals surface area (Å²) in [5, 5.41) is 3.58. The van der Waals surface area contributed by atoms with Crippen LogP contribution in [0.5, 0.6) is 0 Å². The Hall–Kier alpha value is -0.0400. The second-order valence-electron chi connectivity index (χ2n) is 5.95. The van der Waals surface area contributed by atoms with Gasteiger partial charge >= 0.3 is 0 Å². The summed E-state index contributed by atoms with van der Waals surface area (Å²) in [5.74, 6) is 3.04. The molecule has 0 aromatic carbocycles. The Kier molecular flexibility index (Phi) is 4.07. The second-order valence-corrected chi connectivity index (χ2v) is 5.95. The van der Waals surface area contributed by atoms with Gasteiger partial charge in [0.2, 0.25) is 0 Å². The van der Waals surface area contributed by atoms with Gasteiger partial charge in [0.25, 0.3) is 0 Å². The highest BCUT2D eigenvalue weighted by atomic mass is 14.9. The predicted molar refractivity (Wildman–Crippen MR) is 65.9 cm³/mol. The van der Waals surface area contributed by atoms with E-state index in [1.165, 1.54) is 51.4 Å². The minimum absolute atomic E-state index is 0.813. The van der Waals surface area contributed by atoms with Crippen LogP contribution in [0.4, 0.5) is 0 Å². The number of nitrogens with one attached hydrogen (secondary N) is 1. The summed E-state index contributed by atoms with van der Waals surface area (Å²) in [4.78, 5) is 0. The Bertz CT molecular complexity index is 186. The lowest BCUT2D eigenvalue weighted by atomic mass is 9.77. The largest absolute Gasteiger partial charge is 0.317 e. The SMILES string of the molecule is CNC(CCC1CC1)C1CCCC(C)C1. The Balaban J connectivity index is 1.75. The molecule has 88 valence electrons. The molecule has 3 atom stereocenters. The maximum absolute atomic E-state index is 3.58. The van der Waals surface area contributed by atoms with Crippen LogP contribution < -0.4 is 5.32 Å².